The molecule has 28 heavy (non-hydrogen) atoms. The number of aliphatic imine (C=N–C) groups is 1. The molecule has 152 valence electrons. The van der Waals surface area contributed by atoms with Gasteiger partial charge in [0.1, 0.15) is 12.4 Å². The van der Waals surface area contributed by atoms with Crippen molar-refractivity contribution in [2.24, 2.45) is 4.99 Å². The first kappa shape index (κ1) is 22.1. The molecular weight excluding hydrogens is 350 g/mol. The zero-order valence-corrected chi connectivity index (χ0v) is 17.5. The second-order valence-electron chi connectivity index (χ2n) is 7.46. The van der Waals surface area contributed by atoms with Crippen LogP contribution < -0.4 is 4.74 Å². The monoisotopic (exact) mass is 383 g/mol. The quantitative estimate of drug-likeness (QED) is 0.414. The van der Waals surface area contributed by atoms with E-state index >= 15 is 0 Å². The van der Waals surface area contributed by atoms with Crippen LogP contribution in [0.2, 0.25) is 0 Å². The summed E-state index contributed by atoms with van der Waals surface area (Å²) in [5.74, 6) is 1.68. The fourth-order valence-electron chi connectivity index (χ4n) is 2.94. The van der Waals surface area contributed by atoms with Gasteiger partial charge in [-0.15, -0.1) is 0 Å². The average Bonchev–Trinajstić information content (AvgIpc) is 2.69. The molecule has 2 aromatic rings. The number of rotatable bonds is 11. The topological polar surface area (TPSA) is 51.0 Å². The van der Waals surface area contributed by atoms with E-state index in [-0.39, 0.29) is 6.61 Å². The molecule has 1 N–H and O–H groups in total. The lowest BCUT2D eigenvalue weighted by Crippen LogP contribution is -2.08. The number of aliphatic hydroxyl groups excluding tert-OH is 1. The van der Waals surface area contributed by atoms with Crippen molar-refractivity contribution < 1.29 is 14.6 Å². The Kier molecular flexibility index (Phi) is 9.18. The Morgan fingerprint density at radius 2 is 1.54 bits per heavy atom. The van der Waals surface area contributed by atoms with Crippen LogP contribution in [0.1, 0.15) is 62.6 Å². The highest BCUT2D eigenvalue weighted by atomic mass is 16.5. The van der Waals surface area contributed by atoms with Gasteiger partial charge in [0.15, 0.2) is 0 Å². The third kappa shape index (κ3) is 6.77. The summed E-state index contributed by atoms with van der Waals surface area (Å²) in [6, 6.07) is 14.4. The first-order valence-electron chi connectivity index (χ1n) is 10.1. The second-order valence-corrected chi connectivity index (χ2v) is 7.46. The Morgan fingerprint density at radius 3 is 2.11 bits per heavy atom. The molecule has 4 nitrogen and oxygen atoms in total. The van der Waals surface area contributed by atoms with E-state index in [0.29, 0.717) is 38.1 Å². The van der Waals surface area contributed by atoms with Crippen LogP contribution in [0.5, 0.6) is 5.75 Å². The van der Waals surface area contributed by atoms with Gasteiger partial charge in [0.05, 0.1) is 12.3 Å². The lowest BCUT2D eigenvalue weighted by atomic mass is 9.93. The van der Waals surface area contributed by atoms with Gasteiger partial charge in [-0.25, -0.2) is 0 Å². The molecule has 0 radical (unpaired) electrons. The van der Waals surface area contributed by atoms with Gasteiger partial charge in [-0.3, -0.25) is 4.99 Å². The average molecular weight is 384 g/mol. The van der Waals surface area contributed by atoms with Crippen LogP contribution in [0.4, 0.5) is 5.69 Å². The number of hydrogen-bond acceptors (Lipinski definition) is 4. The predicted octanol–water partition coefficient (Wildman–Crippen LogP) is 5.46. The Balaban J connectivity index is 2.01. The van der Waals surface area contributed by atoms with Gasteiger partial charge >= 0.3 is 0 Å². The predicted molar refractivity (Wildman–Crippen MR) is 116 cm³/mol. The summed E-state index contributed by atoms with van der Waals surface area (Å²) in [4.78, 5) is 4.85. The van der Waals surface area contributed by atoms with Gasteiger partial charge in [0, 0.05) is 19.4 Å². The van der Waals surface area contributed by atoms with Crippen molar-refractivity contribution in [1.82, 2.24) is 0 Å². The van der Waals surface area contributed by atoms with Crippen LogP contribution in [0, 0.1) is 0 Å². The molecule has 0 saturated heterocycles. The lowest BCUT2D eigenvalue weighted by molar-refractivity contribution is 0.0883. The summed E-state index contributed by atoms with van der Waals surface area (Å²) in [6.07, 6.45) is 2.58. The van der Waals surface area contributed by atoms with E-state index in [2.05, 4.69) is 45.9 Å². The zero-order valence-electron chi connectivity index (χ0n) is 17.5. The molecule has 0 bridgehead atoms. The van der Waals surface area contributed by atoms with Crippen molar-refractivity contribution in [3.8, 4) is 5.75 Å². The van der Waals surface area contributed by atoms with Gasteiger partial charge < -0.3 is 14.6 Å². The van der Waals surface area contributed by atoms with E-state index in [1.807, 2.05) is 30.5 Å². The molecule has 0 aliphatic heterocycles. The number of ether oxygens (including phenoxy) is 2. The molecular formula is C24H33NO3. The molecule has 0 amide bonds. The first-order chi connectivity index (χ1) is 13.5. The Hall–Kier alpha value is -2.17. The maximum absolute atomic E-state index is 8.71. The first-order valence-corrected chi connectivity index (χ1v) is 10.1. The van der Waals surface area contributed by atoms with E-state index in [1.165, 1.54) is 11.1 Å². The fraction of sp³-hybridized carbons (Fsp3) is 0.458. The summed E-state index contributed by atoms with van der Waals surface area (Å²) in [5, 5.41) is 8.71. The highest BCUT2D eigenvalue weighted by Crippen LogP contribution is 2.34. The summed E-state index contributed by atoms with van der Waals surface area (Å²) in [7, 11) is 0. The molecule has 0 aliphatic rings. The van der Waals surface area contributed by atoms with Crippen molar-refractivity contribution in [2.75, 3.05) is 26.4 Å². The summed E-state index contributed by atoms with van der Waals surface area (Å²) in [5.41, 5.74) is 4.69. The van der Waals surface area contributed by atoms with Gasteiger partial charge in [-0.05, 0) is 59.2 Å². The zero-order chi connectivity index (χ0) is 20.4. The van der Waals surface area contributed by atoms with Gasteiger partial charge in [0.25, 0.3) is 0 Å². The van der Waals surface area contributed by atoms with Crippen LogP contribution in [0.3, 0.4) is 0 Å². The minimum atomic E-state index is 0.157. The summed E-state index contributed by atoms with van der Waals surface area (Å²) >= 11 is 0. The molecule has 0 fully saturated rings. The van der Waals surface area contributed by atoms with Crippen molar-refractivity contribution in [3.05, 3.63) is 59.2 Å². The number of para-hydroxylation sites is 1. The van der Waals surface area contributed by atoms with E-state index in [9.17, 15) is 0 Å². The van der Waals surface area contributed by atoms with Crippen LogP contribution in [-0.2, 0) is 4.74 Å². The molecule has 4 heteroatoms. The second kappa shape index (κ2) is 11.6. The van der Waals surface area contributed by atoms with Crippen LogP contribution in [0.15, 0.2) is 47.5 Å². The van der Waals surface area contributed by atoms with Crippen molar-refractivity contribution in [3.63, 3.8) is 0 Å². The van der Waals surface area contributed by atoms with E-state index in [1.54, 1.807) is 0 Å². The number of hydrogen-bond donors (Lipinski definition) is 1. The van der Waals surface area contributed by atoms with Crippen molar-refractivity contribution in [2.45, 2.75) is 46.0 Å². The maximum Gasteiger partial charge on any atom is 0.119 e. The fourth-order valence-corrected chi connectivity index (χ4v) is 2.94. The van der Waals surface area contributed by atoms with Crippen molar-refractivity contribution >= 4 is 11.9 Å². The number of benzene rings is 2. The lowest BCUT2D eigenvalue weighted by Gasteiger charge is -2.16. The Morgan fingerprint density at radius 1 is 0.893 bits per heavy atom. The van der Waals surface area contributed by atoms with Crippen molar-refractivity contribution in [1.29, 1.82) is 0 Å². The smallest absolute Gasteiger partial charge is 0.119 e. The molecule has 0 atom stereocenters. The minimum Gasteiger partial charge on any atom is -0.491 e. The van der Waals surface area contributed by atoms with Crippen LogP contribution in [-0.4, -0.2) is 37.7 Å². The van der Waals surface area contributed by atoms with E-state index in [0.717, 1.165) is 17.0 Å². The molecule has 2 rings (SSSR count). The molecule has 0 unspecified atom stereocenters. The number of nitrogens with zero attached hydrogens (tertiary/aromatic N) is 1. The molecule has 0 aromatic heterocycles. The van der Waals surface area contributed by atoms with E-state index in [4.69, 9.17) is 19.6 Å². The SMILES string of the molecule is CC(C)c1cccc(C(C)C)c1N=Cc1ccc(OCCOCCCO)cc1. The van der Waals surface area contributed by atoms with E-state index < -0.39 is 0 Å². The van der Waals surface area contributed by atoms with Gasteiger partial charge in [0.2, 0.25) is 0 Å². The molecule has 0 saturated carbocycles. The minimum absolute atomic E-state index is 0.157. The van der Waals surface area contributed by atoms with Crippen LogP contribution >= 0.6 is 0 Å². The van der Waals surface area contributed by atoms with Gasteiger partial charge in [-0.1, -0.05) is 45.9 Å². The third-order valence-corrected chi connectivity index (χ3v) is 4.51. The standard InChI is InChI=1S/C24H33NO3/c1-18(2)22-7-5-8-23(19(3)4)24(22)25-17-20-9-11-21(12-10-20)28-16-15-27-14-6-13-26/h5,7-12,17-19,26H,6,13-16H2,1-4H3. The van der Waals surface area contributed by atoms with Crippen LogP contribution in [0.25, 0.3) is 0 Å². The highest BCUT2D eigenvalue weighted by Gasteiger charge is 2.12. The molecule has 0 aliphatic carbocycles. The third-order valence-electron chi connectivity index (χ3n) is 4.51. The Bertz CT molecular complexity index is 710. The number of aliphatic hydroxyl groups is 1. The largest absolute Gasteiger partial charge is 0.491 e. The summed E-state index contributed by atoms with van der Waals surface area (Å²) < 4.78 is 11.0. The van der Waals surface area contributed by atoms with Gasteiger partial charge in [-0.2, -0.15) is 0 Å². The maximum atomic E-state index is 8.71. The molecule has 0 heterocycles. The highest BCUT2D eigenvalue weighted by molar-refractivity contribution is 5.83. The Labute approximate surface area is 169 Å². The molecule has 2 aromatic carbocycles. The summed E-state index contributed by atoms with van der Waals surface area (Å²) in [6.45, 7) is 10.6. The normalized spacial score (nSPS) is 11.7. The molecule has 0 spiro atoms.